The zero-order valence-corrected chi connectivity index (χ0v) is 8.53. The van der Waals surface area contributed by atoms with E-state index in [0.717, 1.165) is 3.77 Å². The average molecular weight is 278 g/mol. The zero-order chi connectivity index (χ0) is 9.14. The Kier molecular flexibility index (Phi) is 2.91. The van der Waals surface area contributed by atoms with Gasteiger partial charge in [0.05, 0.1) is 0 Å². The van der Waals surface area contributed by atoms with Gasteiger partial charge in [-0.25, -0.2) is 4.79 Å². The molecule has 1 aromatic rings. The molecule has 0 aliphatic heterocycles. The number of furan rings is 1. The SMILES string of the molecule is C/C(=C\c1ccc(I)o1)C(=O)O. The summed E-state index contributed by atoms with van der Waals surface area (Å²) in [6.07, 6.45) is 1.49. The first-order valence-corrected chi connectivity index (χ1v) is 4.34. The number of halogens is 1. The third-order valence-electron chi connectivity index (χ3n) is 1.29. The Morgan fingerprint density at radius 1 is 1.67 bits per heavy atom. The fraction of sp³-hybridized carbons (Fsp3) is 0.125. The van der Waals surface area contributed by atoms with E-state index in [4.69, 9.17) is 9.52 Å². The molecule has 1 N–H and O–H groups in total. The maximum absolute atomic E-state index is 10.4. The van der Waals surface area contributed by atoms with Gasteiger partial charge in [0, 0.05) is 5.57 Å². The Morgan fingerprint density at radius 3 is 2.75 bits per heavy atom. The van der Waals surface area contributed by atoms with Gasteiger partial charge in [0.15, 0.2) is 3.77 Å². The molecule has 0 amide bonds. The van der Waals surface area contributed by atoms with Crippen LogP contribution in [0.2, 0.25) is 0 Å². The molecule has 0 aromatic carbocycles. The first-order chi connectivity index (χ1) is 5.59. The third-order valence-corrected chi connectivity index (χ3v) is 1.87. The standard InChI is InChI=1S/C8H7IO3/c1-5(8(10)11)4-6-2-3-7(9)12-6/h2-4H,1H3,(H,10,11)/b5-4+. The van der Waals surface area contributed by atoms with Crippen molar-refractivity contribution in [1.29, 1.82) is 0 Å². The molecule has 3 nitrogen and oxygen atoms in total. The molecule has 0 aliphatic carbocycles. The van der Waals surface area contributed by atoms with Crippen LogP contribution in [0.4, 0.5) is 0 Å². The molecule has 0 fully saturated rings. The summed E-state index contributed by atoms with van der Waals surface area (Å²) in [6, 6.07) is 3.51. The number of carbonyl (C=O) groups is 1. The molecule has 1 rings (SSSR count). The lowest BCUT2D eigenvalue weighted by atomic mass is 10.2. The van der Waals surface area contributed by atoms with Gasteiger partial charge in [-0.3, -0.25) is 0 Å². The van der Waals surface area contributed by atoms with Gasteiger partial charge in [0.25, 0.3) is 0 Å². The number of carboxylic acids is 1. The second kappa shape index (κ2) is 3.75. The van der Waals surface area contributed by atoms with E-state index in [1.165, 1.54) is 13.0 Å². The topological polar surface area (TPSA) is 50.4 Å². The van der Waals surface area contributed by atoms with Crippen molar-refractivity contribution in [1.82, 2.24) is 0 Å². The van der Waals surface area contributed by atoms with E-state index in [9.17, 15) is 4.79 Å². The predicted octanol–water partition coefficient (Wildman–Crippen LogP) is 2.37. The van der Waals surface area contributed by atoms with Crippen molar-refractivity contribution in [3.05, 3.63) is 27.2 Å². The molecule has 0 saturated heterocycles. The van der Waals surface area contributed by atoms with E-state index in [0.29, 0.717) is 5.76 Å². The minimum Gasteiger partial charge on any atom is -0.478 e. The first kappa shape index (κ1) is 9.31. The molecular formula is C8H7IO3. The normalized spacial score (nSPS) is 11.7. The molecule has 4 heteroatoms. The van der Waals surface area contributed by atoms with Crippen molar-refractivity contribution in [2.75, 3.05) is 0 Å². The molecule has 1 heterocycles. The van der Waals surface area contributed by atoms with Gasteiger partial charge in [-0.15, -0.1) is 0 Å². The van der Waals surface area contributed by atoms with Gasteiger partial charge in [0.1, 0.15) is 5.76 Å². The van der Waals surface area contributed by atoms with Crippen LogP contribution in [0.1, 0.15) is 12.7 Å². The summed E-state index contributed by atoms with van der Waals surface area (Å²) in [5, 5.41) is 8.54. The molecule has 0 unspecified atom stereocenters. The fourth-order valence-electron chi connectivity index (χ4n) is 0.681. The van der Waals surface area contributed by atoms with Crippen molar-refractivity contribution < 1.29 is 14.3 Å². The molecule has 0 aliphatic rings. The highest BCUT2D eigenvalue weighted by Crippen LogP contribution is 2.13. The van der Waals surface area contributed by atoms with Crippen molar-refractivity contribution in [3.8, 4) is 0 Å². The van der Waals surface area contributed by atoms with Crippen LogP contribution in [0.25, 0.3) is 6.08 Å². The van der Waals surface area contributed by atoms with E-state index < -0.39 is 5.97 Å². The van der Waals surface area contributed by atoms with Gasteiger partial charge in [-0.05, 0) is 47.7 Å². The highest BCUT2D eigenvalue weighted by Gasteiger charge is 2.01. The average Bonchev–Trinajstić information content (AvgIpc) is 2.35. The Hall–Kier alpha value is -0.780. The van der Waals surface area contributed by atoms with Crippen molar-refractivity contribution in [3.63, 3.8) is 0 Å². The van der Waals surface area contributed by atoms with E-state index in [1.54, 1.807) is 12.1 Å². The summed E-state index contributed by atoms with van der Waals surface area (Å²) < 4.78 is 5.90. The molecule has 0 saturated carbocycles. The largest absolute Gasteiger partial charge is 0.478 e. The van der Waals surface area contributed by atoms with E-state index >= 15 is 0 Å². The molecular weight excluding hydrogens is 271 g/mol. The van der Waals surface area contributed by atoms with Gasteiger partial charge in [0.2, 0.25) is 0 Å². The molecule has 12 heavy (non-hydrogen) atoms. The highest BCUT2D eigenvalue weighted by molar-refractivity contribution is 14.1. The molecule has 0 bridgehead atoms. The summed E-state index contributed by atoms with van der Waals surface area (Å²) in [7, 11) is 0. The van der Waals surface area contributed by atoms with Crippen molar-refractivity contribution >= 4 is 34.6 Å². The quantitative estimate of drug-likeness (QED) is 0.667. The van der Waals surface area contributed by atoms with E-state index in [1.807, 2.05) is 22.6 Å². The van der Waals surface area contributed by atoms with Crippen LogP contribution in [0.3, 0.4) is 0 Å². The summed E-state index contributed by atoms with van der Waals surface area (Å²) in [4.78, 5) is 10.4. The summed E-state index contributed by atoms with van der Waals surface area (Å²) in [5.41, 5.74) is 0.265. The van der Waals surface area contributed by atoms with Crippen molar-refractivity contribution in [2.24, 2.45) is 0 Å². The Morgan fingerprint density at radius 2 is 2.33 bits per heavy atom. The fourth-order valence-corrected chi connectivity index (χ4v) is 1.12. The minimum atomic E-state index is -0.929. The molecule has 64 valence electrons. The summed E-state index contributed by atoms with van der Waals surface area (Å²) >= 11 is 2.02. The Balaban J connectivity index is 2.87. The van der Waals surface area contributed by atoms with Crippen molar-refractivity contribution in [2.45, 2.75) is 6.92 Å². The Labute approximate surface area is 83.2 Å². The van der Waals surface area contributed by atoms with E-state index in [2.05, 4.69) is 0 Å². The first-order valence-electron chi connectivity index (χ1n) is 3.26. The van der Waals surface area contributed by atoms with Crippen LogP contribution in [0, 0.1) is 3.77 Å². The van der Waals surface area contributed by atoms with Crippen LogP contribution < -0.4 is 0 Å². The minimum absolute atomic E-state index is 0.265. The molecule has 0 spiro atoms. The molecule has 0 radical (unpaired) electrons. The second-order valence-electron chi connectivity index (χ2n) is 2.27. The van der Waals surface area contributed by atoms with Gasteiger partial charge in [-0.2, -0.15) is 0 Å². The lowest BCUT2D eigenvalue weighted by molar-refractivity contribution is -0.132. The van der Waals surface area contributed by atoms with Crippen LogP contribution in [0.15, 0.2) is 22.1 Å². The maximum Gasteiger partial charge on any atom is 0.331 e. The smallest absolute Gasteiger partial charge is 0.331 e. The van der Waals surface area contributed by atoms with Crippen LogP contribution in [-0.2, 0) is 4.79 Å². The summed E-state index contributed by atoms with van der Waals surface area (Å²) in [5.74, 6) is -0.360. The lowest BCUT2D eigenvalue weighted by Crippen LogP contribution is -1.94. The monoisotopic (exact) mass is 278 g/mol. The molecule has 0 atom stereocenters. The lowest BCUT2D eigenvalue weighted by Gasteiger charge is -1.89. The van der Waals surface area contributed by atoms with Crippen LogP contribution in [0.5, 0.6) is 0 Å². The number of hydrogen-bond acceptors (Lipinski definition) is 2. The number of hydrogen-bond donors (Lipinski definition) is 1. The van der Waals surface area contributed by atoms with Gasteiger partial charge >= 0.3 is 5.97 Å². The predicted molar refractivity (Wildman–Crippen MR) is 52.7 cm³/mol. The Bertz CT molecular complexity index is 325. The zero-order valence-electron chi connectivity index (χ0n) is 6.37. The maximum atomic E-state index is 10.4. The number of rotatable bonds is 2. The number of carboxylic acid groups (broad SMARTS) is 1. The highest BCUT2D eigenvalue weighted by atomic mass is 127. The van der Waals surface area contributed by atoms with Crippen LogP contribution >= 0.6 is 22.6 Å². The van der Waals surface area contributed by atoms with Crippen LogP contribution in [-0.4, -0.2) is 11.1 Å². The number of aliphatic carboxylic acids is 1. The second-order valence-corrected chi connectivity index (χ2v) is 3.34. The third kappa shape index (κ3) is 2.37. The molecule has 1 aromatic heterocycles. The van der Waals surface area contributed by atoms with Gasteiger partial charge < -0.3 is 9.52 Å². The van der Waals surface area contributed by atoms with Gasteiger partial charge in [-0.1, -0.05) is 0 Å². The van der Waals surface area contributed by atoms with E-state index in [-0.39, 0.29) is 5.57 Å². The summed E-state index contributed by atoms with van der Waals surface area (Å²) in [6.45, 7) is 1.53.